The molecule has 3 nitrogen and oxygen atoms in total. The minimum absolute atomic E-state index is 1.04. The first kappa shape index (κ1) is 77.7. The number of hydrogen-bond acceptors (Lipinski definition) is 0. The number of hydrogen-bond donors (Lipinski definition) is 0. The lowest BCUT2D eigenvalue weighted by Crippen LogP contribution is -2.93. The quantitative estimate of drug-likeness (QED) is 0.115. The van der Waals surface area contributed by atoms with Crippen LogP contribution in [0.2, 0.25) is 0 Å². The second-order valence-electron chi connectivity index (χ2n) is 34.4. The van der Waals surface area contributed by atoms with Gasteiger partial charge in [-0.3, -0.25) is 0 Å². The van der Waals surface area contributed by atoms with Gasteiger partial charge < -0.3 is 13.7 Å². The van der Waals surface area contributed by atoms with Gasteiger partial charge >= 0.3 is 0 Å². The maximum absolute atomic E-state index is 3.83. The summed E-state index contributed by atoms with van der Waals surface area (Å²) in [4.78, 5) is 0. The largest absolute Gasteiger partial charge is 0.309 e. The van der Waals surface area contributed by atoms with Crippen molar-refractivity contribution in [1.29, 1.82) is 0 Å². The molecule has 20 aromatic carbocycles. The van der Waals surface area contributed by atoms with Crippen LogP contribution in [0.5, 0.6) is 0 Å². The highest BCUT2D eigenvalue weighted by Gasteiger charge is 2.58. The van der Waals surface area contributed by atoms with Crippen LogP contribution in [0, 0.1) is 0 Å². The molecule has 0 amide bonds. The molecule has 0 N–H and O–H groups in total. The normalized spacial score (nSPS) is 13.8. The Kier molecular flexibility index (Phi) is 19.2. The zero-order chi connectivity index (χ0) is 85.6. The van der Waals surface area contributed by atoms with E-state index < -0.39 is 32.3 Å². The fourth-order valence-electron chi connectivity index (χ4n) is 23.0. The monoisotopic (exact) mass is 1770 g/mol. The van der Waals surface area contributed by atoms with Crippen molar-refractivity contribution in [2.45, 2.75) is 6.42 Å². The van der Waals surface area contributed by atoms with Crippen LogP contribution in [0.15, 0.2) is 514 Å². The molecule has 0 saturated carbocycles. The Morgan fingerprint density at radius 1 is 0.163 bits per heavy atom. The van der Waals surface area contributed by atoms with Crippen molar-refractivity contribution in [3.05, 3.63) is 525 Å². The predicted molar refractivity (Wildman–Crippen MR) is 560 cm³/mol. The van der Waals surface area contributed by atoms with Crippen LogP contribution in [0.1, 0.15) is 11.1 Å². The number of benzene rings is 20. The number of nitrogens with zero attached hydrogens (tertiary/aromatic N) is 3. The predicted octanol–water partition coefficient (Wildman–Crippen LogP) is 18.8. The van der Waals surface area contributed by atoms with Crippen molar-refractivity contribution < 1.29 is 0 Å². The van der Waals surface area contributed by atoms with E-state index >= 15 is 0 Å². The summed E-state index contributed by atoms with van der Waals surface area (Å²) in [5.41, 5.74) is 16.5. The fraction of sp³-hybridized carbons (Fsp3) is 0.00826. The van der Waals surface area contributed by atoms with Gasteiger partial charge in [0.2, 0.25) is 0 Å². The number of aromatic nitrogens is 3. The lowest BCUT2D eigenvalue weighted by Gasteiger charge is -2.48. The lowest BCUT2D eigenvalue weighted by molar-refractivity contribution is 1.17. The molecule has 3 aliphatic rings. The third-order valence-corrected chi connectivity index (χ3v) is 49.1. The Bertz CT molecular complexity index is 7970. The van der Waals surface area contributed by atoms with Crippen LogP contribution in [0.4, 0.5) is 0 Å². The number of fused-ring (bicyclic) bond motifs is 16. The van der Waals surface area contributed by atoms with E-state index in [0.717, 1.165) is 16.6 Å². The molecule has 5 heterocycles. The van der Waals surface area contributed by atoms with Gasteiger partial charge in [0.25, 0.3) is 0 Å². The third kappa shape index (κ3) is 12.0. The van der Waals surface area contributed by atoms with Gasteiger partial charge in [0.05, 0.1) is 33.1 Å². The molecule has 1 aliphatic carbocycles. The summed E-state index contributed by atoms with van der Waals surface area (Å²) in [7, 11) is -11.1. The lowest BCUT2D eigenvalue weighted by atomic mass is 10.1. The van der Waals surface area contributed by atoms with E-state index in [2.05, 4.69) is 539 Å². The Hall–Kier alpha value is -14.9. The van der Waals surface area contributed by atoms with Crippen LogP contribution < -0.4 is 83.0 Å². The Balaban J connectivity index is 0.000000120. The van der Waals surface area contributed by atoms with Crippen LogP contribution in [-0.4, -0.2) is 46.0 Å². The van der Waals surface area contributed by atoms with E-state index in [1.165, 1.54) is 182 Å². The van der Waals surface area contributed by atoms with Crippen molar-refractivity contribution in [3.8, 4) is 28.2 Å². The molecule has 26 rings (SSSR count). The van der Waals surface area contributed by atoms with Crippen molar-refractivity contribution in [2.24, 2.45) is 0 Å². The van der Waals surface area contributed by atoms with E-state index in [1.54, 1.807) is 0 Å². The van der Waals surface area contributed by atoms with Gasteiger partial charge in [0.15, 0.2) is 32.3 Å². The maximum atomic E-state index is 3.83. The van der Waals surface area contributed by atoms with E-state index in [9.17, 15) is 0 Å². The Morgan fingerprint density at radius 2 is 0.411 bits per heavy atom. The molecule has 0 atom stereocenters. The number of para-hydroxylation sites is 5. The number of halogens is 1. The van der Waals surface area contributed by atoms with Crippen LogP contribution in [0.3, 0.4) is 0 Å². The molecule has 23 aromatic rings. The van der Waals surface area contributed by atoms with Crippen LogP contribution in [-0.2, 0) is 6.42 Å². The first-order valence-electron chi connectivity index (χ1n) is 44.8. The highest BCUT2D eigenvalue weighted by molar-refractivity contribution is 9.10. The first-order valence-corrected chi connectivity index (χ1v) is 53.6. The summed E-state index contributed by atoms with van der Waals surface area (Å²) < 4.78 is 8.45. The van der Waals surface area contributed by atoms with Gasteiger partial charge in [-0.1, -0.05) is 441 Å². The fourth-order valence-corrected chi connectivity index (χ4v) is 47.9. The van der Waals surface area contributed by atoms with Crippen molar-refractivity contribution >= 4 is 197 Å². The summed E-state index contributed by atoms with van der Waals surface area (Å²) in [6.45, 7) is 0. The molecule has 0 saturated heterocycles. The second kappa shape index (κ2) is 31.9. The molecule has 2 aliphatic heterocycles. The molecule has 0 radical (unpaired) electrons. The van der Waals surface area contributed by atoms with Crippen LogP contribution in [0.25, 0.3) is 93.6 Å². The van der Waals surface area contributed by atoms with E-state index in [0.29, 0.717) is 0 Å². The smallest absolute Gasteiger partial charge is 0.179 e. The number of rotatable bonds is 11. The standard InChI is InChI=1S/C60H42N2Si2.C36H27BrSi2.C25H17N/c1-4-22-45(23-5-1)63(46-24-6-2-7-25-46)57-35-16-18-37-59(57)64(47-26-8-3-9-27-47,60-38-19-17-36-58(60)63)48-28-20-21-43(41-48)61-55-34-15-12-31-51(55)52-42-44(39-40-56(52)61)62-53-32-13-10-29-49(53)50-30-11-14-33-54(50)62;37-28-15-14-22-32(27-28)39(31-20-8-3-9-21-31)35-25-12-10-23-33(35)38(29-16-4-1-5-17-29,30-18-6-2-7-19-30)34-24-11-13-26-36(34)39;1-2-8-20-17(7-1)15-18-13-14-19(16-23(18)20)26-24-11-5-3-9-21(24)22-10-4-6-12-25(22)26/h1-42H;1-27H;1-14,16H,15H2. The minimum Gasteiger partial charge on any atom is -0.309 e. The highest BCUT2D eigenvalue weighted by atomic mass is 79.9. The molecule has 8 heteroatoms. The SMILES string of the molecule is Brc1cccc([Si]2(c3ccccc3)c3ccccc3[Si](c3ccccc3)(c3ccccc3)c3ccccc32)c1.c1ccc([Si]2(c3ccccc3)c3ccccc3[Si](c3ccccc3)(c3cccc(-n4c5ccccc5c5cc(-n6c7ccccc7c7ccccc76)ccc54)c3)c3ccccc32)cc1.c1ccc2c(c1)Cc1ccc(-n3c4ccccc4c4ccccc43)cc1-2. The van der Waals surface area contributed by atoms with Crippen molar-refractivity contribution in [1.82, 2.24) is 13.7 Å². The summed E-state index contributed by atoms with van der Waals surface area (Å²) in [5, 5.41) is 30.9. The molecule has 3 aromatic heterocycles. The average molecular weight is 1770 g/mol. The van der Waals surface area contributed by atoms with Crippen molar-refractivity contribution in [2.75, 3.05) is 0 Å². The first-order chi connectivity index (χ1) is 63.9. The zero-order valence-corrected chi connectivity index (χ0v) is 76.5. The molecule has 0 spiro atoms. The average Bonchev–Trinajstić information content (AvgIpc) is 1.40. The molecule has 129 heavy (non-hydrogen) atoms. The van der Waals surface area contributed by atoms with Gasteiger partial charge in [-0.15, -0.1) is 0 Å². The van der Waals surface area contributed by atoms with Gasteiger partial charge in [-0.25, -0.2) is 0 Å². The Labute approximate surface area is 763 Å². The molecular formula is C121H86BrN3Si4. The maximum Gasteiger partial charge on any atom is 0.179 e. The van der Waals surface area contributed by atoms with Crippen LogP contribution >= 0.6 is 15.9 Å². The summed E-state index contributed by atoms with van der Waals surface area (Å²) in [6.07, 6.45) is 1.04. The van der Waals surface area contributed by atoms with Gasteiger partial charge in [0.1, 0.15) is 0 Å². The molecule has 608 valence electrons. The van der Waals surface area contributed by atoms with E-state index in [1.807, 2.05) is 0 Å². The molecule has 0 fully saturated rings. The van der Waals surface area contributed by atoms with Gasteiger partial charge in [-0.05, 0) is 197 Å². The summed E-state index contributed by atoms with van der Waals surface area (Å²) >= 11 is 3.83. The van der Waals surface area contributed by atoms with E-state index in [4.69, 9.17) is 0 Å². The van der Waals surface area contributed by atoms with Gasteiger partial charge in [-0.2, -0.15) is 0 Å². The molecule has 0 unspecified atom stereocenters. The molecule has 0 bridgehead atoms. The van der Waals surface area contributed by atoms with E-state index in [-0.39, 0.29) is 0 Å². The minimum atomic E-state index is -2.99. The molecular weight excluding hydrogens is 1690 g/mol. The third-order valence-electron chi connectivity index (χ3n) is 28.1. The summed E-state index contributed by atoms with van der Waals surface area (Å²) in [5.74, 6) is 0. The summed E-state index contributed by atoms with van der Waals surface area (Å²) in [6, 6.07) is 191. The second-order valence-corrected chi connectivity index (χ2v) is 50.3. The van der Waals surface area contributed by atoms with Gasteiger partial charge in [0, 0.05) is 53.9 Å². The zero-order valence-electron chi connectivity index (χ0n) is 70.9. The topological polar surface area (TPSA) is 14.8 Å². The Morgan fingerprint density at radius 3 is 0.767 bits per heavy atom. The highest BCUT2D eigenvalue weighted by Crippen LogP contribution is 2.42. The van der Waals surface area contributed by atoms with Crippen molar-refractivity contribution in [3.63, 3.8) is 0 Å².